The molecule has 0 fully saturated rings. The molecular formula is C10H18O4. The fraction of sp³-hybridized carbons (Fsp3) is 0.800. The Kier molecular flexibility index (Phi) is 4.60. The standard InChI is InChI=1S/C10H18O4/c1-5-7(9(12)13)6-8(11)14-10(2,3)4/h7H,5-6H2,1-4H3,(H,12,13). The van der Waals surface area contributed by atoms with Gasteiger partial charge in [-0.05, 0) is 27.2 Å². The molecule has 0 amide bonds. The van der Waals surface area contributed by atoms with Gasteiger partial charge in [-0.15, -0.1) is 0 Å². The molecule has 0 bridgehead atoms. The van der Waals surface area contributed by atoms with Crippen molar-refractivity contribution >= 4 is 11.9 Å². The minimum Gasteiger partial charge on any atom is -0.481 e. The van der Waals surface area contributed by atoms with Crippen LogP contribution in [0.4, 0.5) is 0 Å². The maximum absolute atomic E-state index is 11.2. The Morgan fingerprint density at radius 2 is 1.86 bits per heavy atom. The topological polar surface area (TPSA) is 63.6 Å². The highest BCUT2D eigenvalue weighted by molar-refractivity contribution is 5.78. The van der Waals surface area contributed by atoms with E-state index in [-0.39, 0.29) is 6.42 Å². The second kappa shape index (κ2) is 4.98. The Labute approximate surface area is 84.3 Å². The molecule has 1 N–H and O–H groups in total. The van der Waals surface area contributed by atoms with Gasteiger partial charge in [-0.2, -0.15) is 0 Å². The molecule has 14 heavy (non-hydrogen) atoms. The van der Waals surface area contributed by atoms with E-state index in [0.29, 0.717) is 6.42 Å². The maximum atomic E-state index is 11.2. The number of esters is 1. The van der Waals surface area contributed by atoms with E-state index in [1.165, 1.54) is 0 Å². The van der Waals surface area contributed by atoms with Crippen molar-refractivity contribution in [3.63, 3.8) is 0 Å². The van der Waals surface area contributed by atoms with Crippen molar-refractivity contribution in [3.05, 3.63) is 0 Å². The molecule has 0 rings (SSSR count). The first-order valence-electron chi connectivity index (χ1n) is 4.71. The van der Waals surface area contributed by atoms with Gasteiger partial charge in [-0.1, -0.05) is 6.92 Å². The van der Waals surface area contributed by atoms with Gasteiger partial charge in [0.05, 0.1) is 12.3 Å². The third kappa shape index (κ3) is 5.56. The van der Waals surface area contributed by atoms with Crippen LogP contribution < -0.4 is 0 Å². The van der Waals surface area contributed by atoms with E-state index in [9.17, 15) is 9.59 Å². The summed E-state index contributed by atoms with van der Waals surface area (Å²) in [6, 6.07) is 0. The first kappa shape index (κ1) is 12.9. The fourth-order valence-corrected chi connectivity index (χ4v) is 0.991. The summed E-state index contributed by atoms with van der Waals surface area (Å²) in [5, 5.41) is 8.71. The van der Waals surface area contributed by atoms with E-state index in [1.54, 1.807) is 27.7 Å². The summed E-state index contributed by atoms with van der Waals surface area (Å²) in [6.45, 7) is 7.01. The highest BCUT2D eigenvalue weighted by atomic mass is 16.6. The van der Waals surface area contributed by atoms with Crippen LogP contribution in [0.1, 0.15) is 40.5 Å². The summed E-state index contributed by atoms with van der Waals surface area (Å²) in [7, 11) is 0. The van der Waals surface area contributed by atoms with E-state index in [2.05, 4.69) is 0 Å². The molecule has 1 unspecified atom stereocenters. The molecule has 0 aliphatic carbocycles. The zero-order valence-electron chi connectivity index (χ0n) is 9.16. The molecule has 0 saturated heterocycles. The molecule has 0 aromatic heterocycles. The SMILES string of the molecule is CCC(CC(=O)OC(C)(C)C)C(=O)O. The van der Waals surface area contributed by atoms with Crippen LogP contribution in [0.2, 0.25) is 0 Å². The van der Waals surface area contributed by atoms with Crippen LogP contribution in [0.3, 0.4) is 0 Å². The van der Waals surface area contributed by atoms with Gasteiger partial charge in [0.15, 0.2) is 0 Å². The highest BCUT2D eigenvalue weighted by Crippen LogP contribution is 2.14. The second-order valence-corrected chi connectivity index (χ2v) is 4.23. The second-order valence-electron chi connectivity index (χ2n) is 4.23. The number of hydrogen-bond acceptors (Lipinski definition) is 3. The third-order valence-corrected chi connectivity index (χ3v) is 1.68. The fourth-order valence-electron chi connectivity index (χ4n) is 0.991. The predicted octanol–water partition coefficient (Wildman–Crippen LogP) is 1.83. The van der Waals surface area contributed by atoms with Crippen molar-refractivity contribution < 1.29 is 19.4 Å². The van der Waals surface area contributed by atoms with Crippen LogP contribution in [-0.4, -0.2) is 22.6 Å². The molecule has 0 aliphatic rings. The molecule has 0 spiro atoms. The van der Waals surface area contributed by atoms with E-state index in [4.69, 9.17) is 9.84 Å². The highest BCUT2D eigenvalue weighted by Gasteiger charge is 2.23. The molecule has 0 aromatic carbocycles. The summed E-state index contributed by atoms with van der Waals surface area (Å²) < 4.78 is 5.02. The first-order chi connectivity index (χ1) is 6.26. The van der Waals surface area contributed by atoms with Crippen molar-refractivity contribution in [2.24, 2.45) is 5.92 Å². The monoisotopic (exact) mass is 202 g/mol. The van der Waals surface area contributed by atoms with E-state index in [0.717, 1.165) is 0 Å². The molecular weight excluding hydrogens is 184 g/mol. The number of carboxylic acid groups (broad SMARTS) is 1. The number of aliphatic carboxylic acids is 1. The molecule has 4 nitrogen and oxygen atoms in total. The minimum atomic E-state index is -0.946. The summed E-state index contributed by atoms with van der Waals surface area (Å²) >= 11 is 0. The van der Waals surface area contributed by atoms with Crippen LogP contribution in [-0.2, 0) is 14.3 Å². The van der Waals surface area contributed by atoms with Gasteiger partial charge in [-0.3, -0.25) is 9.59 Å². The molecule has 1 atom stereocenters. The third-order valence-electron chi connectivity index (χ3n) is 1.68. The Balaban J connectivity index is 4.11. The Bertz CT molecular complexity index is 215. The predicted molar refractivity (Wildman–Crippen MR) is 51.9 cm³/mol. The quantitative estimate of drug-likeness (QED) is 0.706. The summed E-state index contributed by atoms with van der Waals surface area (Å²) in [6.07, 6.45) is 0.387. The molecule has 0 saturated carbocycles. The van der Waals surface area contributed by atoms with Gasteiger partial charge in [-0.25, -0.2) is 0 Å². The van der Waals surface area contributed by atoms with Crippen LogP contribution in [0.5, 0.6) is 0 Å². The number of hydrogen-bond donors (Lipinski definition) is 1. The van der Waals surface area contributed by atoms with Gasteiger partial charge >= 0.3 is 11.9 Å². The summed E-state index contributed by atoms with van der Waals surface area (Å²) in [5.74, 6) is -2.03. The Morgan fingerprint density at radius 3 is 2.14 bits per heavy atom. The number of ether oxygens (including phenoxy) is 1. The number of carboxylic acids is 1. The van der Waals surface area contributed by atoms with Crippen molar-refractivity contribution in [2.45, 2.75) is 46.1 Å². The largest absolute Gasteiger partial charge is 0.481 e. The number of rotatable bonds is 4. The van der Waals surface area contributed by atoms with Crippen LogP contribution in [0, 0.1) is 5.92 Å². The van der Waals surface area contributed by atoms with Gasteiger partial charge in [0.1, 0.15) is 5.60 Å². The van der Waals surface area contributed by atoms with Crippen molar-refractivity contribution in [2.75, 3.05) is 0 Å². The molecule has 0 aromatic rings. The Morgan fingerprint density at radius 1 is 1.36 bits per heavy atom. The molecule has 82 valence electrons. The molecule has 0 heterocycles. The molecule has 4 heteroatoms. The number of carbonyl (C=O) groups is 2. The van der Waals surface area contributed by atoms with Gasteiger partial charge in [0.2, 0.25) is 0 Å². The summed E-state index contributed by atoms with van der Waals surface area (Å²) in [4.78, 5) is 21.9. The average molecular weight is 202 g/mol. The van der Waals surface area contributed by atoms with Gasteiger partial charge in [0.25, 0.3) is 0 Å². The Hall–Kier alpha value is -1.06. The zero-order valence-corrected chi connectivity index (χ0v) is 9.16. The lowest BCUT2D eigenvalue weighted by molar-refractivity contribution is -0.159. The van der Waals surface area contributed by atoms with Crippen molar-refractivity contribution in [1.29, 1.82) is 0 Å². The van der Waals surface area contributed by atoms with Crippen LogP contribution >= 0.6 is 0 Å². The normalized spacial score (nSPS) is 13.4. The van der Waals surface area contributed by atoms with Gasteiger partial charge < -0.3 is 9.84 Å². The number of carbonyl (C=O) groups excluding carboxylic acids is 1. The van der Waals surface area contributed by atoms with Crippen molar-refractivity contribution in [1.82, 2.24) is 0 Å². The lowest BCUT2D eigenvalue weighted by Gasteiger charge is -2.20. The summed E-state index contributed by atoms with van der Waals surface area (Å²) in [5.41, 5.74) is -0.548. The lowest BCUT2D eigenvalue weighted by Crippen LogP contribution is -2.27. The van der Waals surface area contributed by atoms with Gasteiger partial charge in [0, 0.05) is 0 Å². The lowest BCUT2D eigenvalue weighted by atomic mass is 10.0. The minimum absolute atomic E-state index is 0.0525. The average Bonchev–Trinajstić information content (AvgIpc) is 1.96. The van der Waals surface area contributed by atoms with E-state index < -0.39 is 23.5 Å². The van der Waals surface area contributed by atoms with Crippen LogP contribution in [0.15, 0.2) is 0 Å². The molecule has 0 aliphatic heterocycles. The van der Waals surface area contributed by atoms with E-state index >= 15 is 0 Å². The first-order valence-corrected chi connectivity index (χ1v) is 4.71. The zero-order chi connectivity index (χ0) is 11.4. The van der Waals surface area contributed by atoms with Crippen LogP contribution in [0.25, 0.3) is 0 Å². The smallest absolute Gasteiger partial charge is 0.307 e. The molecule has 0 radical (unpaired) electrons. The maximum Gasteiger partial charge on any atom is 0.307 e. The van der Waals surface area contributed by atoms with E-state index in [1.807, 2.05) is 0 Å². The van der Waals surface area contributed by atoms with Crippen molar-refractivity contribution in [3.8, 4) is 0 Å².